The highest BCUT2D eigenvalue weighted by Gasteiger charge is 2.50. The maximum Gasteiger partial charge on any atom is 0.261 e. The van der Waals surface area contributed by atoms with Crippen LogP contribution in [0.15, 0.2) is 119 Å². The molecule has 1 N–H and O–H groups in total. The first-order chi connectivity index (χ1) is 19.4. The topological polar surface area (TPSA) is 63.6 Å². The maximum absolute atomic E-state index is 13.6. The Kier molecular flexibility index (Phi) is 11.5. The lowest BCUT2D eigenvalue weighted by atomic mass is 9.97. The molecule has 0 aliphatic rings. The van der Waals surface area contributed by atoms with Crippen LogP contribution >= 0.6 is 0 Å². The molecule has 0 saturated heterocycles. The van der Waals surface area contributed by atoms with E-state index in [0.29, 0.717) is 17.9 Å². The molecule has 0 aliphatic carbocycles. The molecule has 3 aromatic rings. The SMILES string of the molecule is C/C(=C\CO)CC(/C=C(\C)[C@@H](C)CCO[Si](c1ccccc1)(c1ccccc1)C(C)(C)C)S(=O)(=O)c1ccccc1. The number of aliphatic hydroxyl groups is 1. The van der Waals surface area contributed by atoms with Gasteiger partial charge in [0.2, 0.25) is 0 Å². The number of hydrogen-bond acceptors (Lipinski definition) is 4. The highest BCUT2D eigenvalue weighted by Crippen LogP contribution is 2.37. The Hall–Kier alpha value is -2.77. The third kappa shape index (κ3) is 7.95. The van der Waals surface area contributed by atoms with Crippen LogP contribution in [-0.2, 0) is 14.3 Å². The van der Waals surface area contributed by atoms with Gasteiger partial charge >= 0.3 is 0 Å². The van der Waals surface area contributed by atoms with Gasteiger partial charge in [0, 0.05) is 6.61 Å². The minimum atomic E-state index is -3.60. The van der Waals surface area contributed by atoms with Crippen LogP contribution in [0.4, 0.5) is 0 Å². The van der Waals surface area contributed by atoms with E-state index in [4.69, 9.17) is 4.43 Å². The average molecular weight is 591 g/mol. The number of hydrogen-bond donors (Lipinski definition) is 1. The Morgan fingerprint density at radius 1 is 0.878 bits per heavy atom. The van der Waals surface area contributed by atoms with E-state index in [2.05, 4.69) is 76.2 Å². The summed E-state index contributed by atoms with van der Waals surface area (Å²) in [4.78, 5) is 0.313. The van der Waals surface area contributed by atoms with E-state index in [-0.39, 0.29) is 17.6 Å². The zero-order valence-electron chi connectivity index (χ0n) is 25.4. The summed E-state index contributed by atoms with van der Waals surface area (Å²) in [5.74, 6) is 0.129. The molecule has 0 heterocycles. The van der Waals surface area contributed by atoms with Crippen LogP contribution in [0.1, 0.15) is 54.4 Å². The van der Waals surface area contributed by atoms with Crippen LogP contribution in [0.5, 0.6) is 0 Å². The highest BCUT2D eigenvalue weighted by molar-refractivity contribution is 7.92. The number of benzene rings is 3. The van der Waals surface area contributed by atoms with Crippen molar-refractivity contribution in [2.24, 2.45) is 5.92 Å². The Balaban J connectivity index is 1.89. The number of allylic oxidation sites excluding steroid dienone is 2. The Bertz CT molecular complexity index is 1350. The lowest BCUT2D eigenvalue weighted by molar-refractivity contribution is 0.276. The second-order valence-electron chi connectivity index (χ2n) is 11.9. The molecule has 0 amide bonds. The van der Waals surface area contributed by atoms with Crippen molar-refractivity contribution in [3.8, 4) is 0 Å². The van der Waals surface area contributed by atoms with E-state index < -0.39 is 23.4 Å². The van der Waals surface area contributed by atoms with Crippen LogP contribution < -0.4 is 10.4 Å². The van der Waals surface area contributed by atoms with Crippen molar-refractivity contribution in [2.75, 3.05) is 13.2 Å². The summed E-state index contributed by atoms with van der Waals surface area (Å²) in [6.45, 7) is 13.3. The largest absolute Gasteiger partial charge is 0.407 e. The summed E-state index contributed by atoms with van der Waals surface area (Å²) in [7, 11) is -6.24. The zero-order chi connectivity index (χ0) is 30.1. The second-order valence-corrected chi connectivity index (χ2v) is 18.4. The third-order valence-corrected chi connectivity index (χ3v) is 15.0. The molecule has 0 bridgehead atoms. The molecule has 4 nitrogen and oxygen atoms in total. The standard InChI is InChI=1S/C35H46O4SSi/c1-28(22-24-36)26-32(40(37,38)31-16-10-7-11-17-31)27-30(3)29(2)23-25-39-41(35(4,5)6,33-18-12-8-13-19-33)34-20-14-9-15-21-34/h7-22,27,29,32,36H,23-26H2,1-6H3/b28-22+,30-27+/t29-,32?/m0/s1. The van der Waals surface area contributed by atoms with Crippen LogP contribution in [0.3, 0.4) is 0 Å². The molecule has 41 heavy (non-hydrogen) atoms. The minimum absolute atomic E-state index is 0.102. The van der Waals surface area contributed by atoms with Gasteiger partial charge in [-0.3, -0.25) is 0 Å². The second kappa shape index (κ2) is 14.4. The predicted octanol–water partition coefficient (Wildman–Crippen LogP) is 6.71. The normalized spacial score (nSPS) is 15.0. The van der Waals surface area contributed by atoms with Gasteiger partial charge in [0.15, 0.2) is 9.84 Å². The van der Waals surface area contributed by atoms with Gasteiger partial charge in [-0.25, -0.2) is 8.42 Å². The van der Waals surface area contributed by atoms with E-state index in [1.54, 1.807) is 30.3 Å². The van der Waals surface area contributed by atoms with Gasteiger partial charge in [-0.15, -0.1) is 0 Å². The van der Waals surface area contributed by atoms with E-state index in [1.165, 1.54) is 10.4 Å². The molecular weight excluding hydrogens is 545 g/mol. The van der Waals surface area contributed by atoms with E-state index >= 15 is 0 Å². The van der Waals surface area contributed by atoms with Gasteiger partial charge in [-0.05, 0) is 60.2 Å². The Labute approximate surface area is 248 Å². The van der Waals surface area contributed by atoms with Crippen molar-refractivity contribution < 1.29 is 18.0 Å². The summed E-state index contributed by atoms with van der Waals surface area (Å²) in [5, 5.41) is 11.1. The summed E-state index contributed by atoms with van der Waals surface area (Å²) < 4.78 is 34.4. The molecule has 6 heteroatoms. The monoisotopic (exact) mass is 590 g/mol. The van der Waals surface area contributed by atoms with Gasteiger partial charge in [-0.2, -0.15) is 0 Å². The van der Waals surface area contributed by atoms with Crippen molar-refractivity contribution in [3.05, 3.63) is 114 Å². The Morgan fingerprint density at radius 3 is 1.83 bits per heavy atom. The minimum Gasteiger partial charge on any atom is -0.407 e. The molecule has 0 spiro atoms. The van der Waals surface area contributed by atoms with Gasteiger partial charge < -0.3 is 9.53 Å². The quantitative estimate of drug-likeness (QED) is 0.178. The van der Waals surface area contributed by atoms with E-state index in [0.717, 1.165) is 17.6 Å². The van der Waals surface area contributed by atoms with Gasteiger partial charge in [0.05, 0.1) is 16.8 Å². The van der Waals surface area contributed by atoms with Crippen molar-refractivity contribution >= 4 is 28.5 Å². The molecule has 2 atom stereocenters. The average Bonchev–Trinajstić information content (AvgIpc) is 2.95. The smallest absolute Gasteiger partial charge is 0.261 e. The molecule has 220 valence electrons. The van der Waals surface area contributed by atoms with Gasteiger partial charge in [-0.1, -0.05) is 130 Å². The maximum atomic E-state index is 13.6. The van der Waals surface area contributed by atoms with Gasteiger partial charge in [0.1, 0.15) is 0 Å². The molecule has 0 aromatic heterocycles. The first-order valence-electron chi connectivity index (χ1n) is 14.4. The van der Waals surface area contributed by atoms with E-state index in [9.17, 15) is 13.5 Å². The lowest BCUT2D eigenvalue weighted by Crippen LogP contribution is -2.66. The van der Waals surface area contributed by atoms with Crippen LogP contribution in [0, 0.1) is 5.92 Å². The van der Waals surface area contributed by atoms with Crippen molar-refractivity contribution in [3.63, 3.8) is 0 Å². The molecule has 0 aliphatic heterocycles. The summed E-state index contributed by atoms with van der Waals surface area (Å²) >= 11 is 0. The molecule has 0 fully saturated rings. The number of sulfone groups is 1. The third-order valence-electron chi connectivity index (χ3n) is 7.95. The van der Waals surface area contributed by atoms with Crippen LogP contribution in [0.25, 0.3) is 0 Å². The van der Waals surface area contributed by atoms with E-state index in [1.807, 2.05) is 38.1 Å². The van der Waals surface area contributed by atoms with Crippen molar-refractivity contribution in [1.29, 1.82) is 0 Å². The fourth-order valence-corrected chi connectivity index (χ4v) is 11.8. The first kappa shape index (κ1) is 32.7. The molecule has 3 aromatic carbocycles. The van der Waals surface area contributed by atoms with Gasteiger partial charge in [0.25, 0.3) is 8.32 Å². The summed E-state index contributed by atoms with van der Waals surface area (Å²) in [6, 6.07) is 29.8. The van der Waals surface area contributed by atoms with Crippen LogP contribution in [-0.4, -0.2) is 40.3 Å². The first-order valence-corrected chi connectivity index (χ1v) is 17.9. The van der Waals surface area contributed by atoms with Crippen LogP contribution in [0.2, 0.25) is 5.04 Å². The van der Waals surface area contributed by atoms with Crippen molar-refractivity contribution in [2.45, 2.75) is 69.6 Å². The number of aliphatic hydroxyl groups excluding tert-OH is 1. The predicted molar refractivity (Wildman–Crippen MR) is 174 cm³/mol. The fraction of sp³-hybridized carbons (Fsp3) is 0.371. The highest BCUT2D eigenvalue weighted by atomic mass is 32.2. The molecular formula is C35H46O4SSi. The number of rotatable bonds is 13. The summed E-state index contributed by atoms with van der Waals surface area (Å²) in [5.41, 5.74) is 1.88. The lowest BCUT2D eigenvalue weighted by Gasteiger charge is -2.43. The zero-order valence-corrected chi connectivity index (χ0v) is 27.2. The molecule has 0 saturated carbocycles. The molecule has 0 radical (unpaired) electrons. The summed E-state index contributed by atoms with van der Waals surface area (Å²) in [6.07, 6.45) is 4.69. The molecule has 1 unspecified atom stereocenters. The Morgan fingerprint density at radius 2 is 1.37 bits per heavy atom. The fourth-order valence-electron chi connectivity index (χ4n) is 5.44. The van der Waals surface area contributed by atoms with Crippen molar-refractivity contribution in [1.82, 2.24) is 0 Å². The molecule has 3 rings (SSSR count).